The highest BCUT2D eigenvalue weighted by Crippen LogP contribution is 2.26. The van der Waals surface area contributed by atoms with Crippen molar-refractivity contribution in [2.75, 3.05) is 18.8 Å². The molecule has 0 saturated carbocycles. The zero-order valence-corrected chi connectivity index (χ0v) is 12.3. The number of piperidine rings is 2. The first kappa shape index (κ1) is 14.1. The van der Waals surface area contributed by atoms with E-state index in [1.54, 1.807) is 6.07 Å². The smallest absolute Gasteiger partial charge is 0.254 e. The lowest BCUT2D eigenvalue weighted by molar-refractivity contribution is -0.125. The van der Waals surface area contributed by atoms with E-state index in [0.717, 1.165) is 12.8 Å². The van der Waals surface area contributed by atoms with Crippen LogP contribution in [0, 0.1) is 5.92 Å². The van der Waals surface area contributed by atoms with Gasteiger partial charge in [-0.1, -0.05) is 11.6 Å². The molecule has 2 aliphatic heterocycles. The van der Waals surface area contributed by atoms with Crippen molar-refractivity contribution < 1.29 is 9.59 Å². The van der Waals surface area contributed by atoms with E-state index in [1.807, 2.05) is 4.90 Å². The maximum Gasteiger partial charge on any atom is 0.254 e. The number of carbonyl (C=O) groups is 2. The molecule has 2 amide bonds. The molecular formula is C14H17ClN4O2. The largest absolute Gasteiger partial charge is 0.384 e. The molecule has 112 valence electrons. The lowest BCUT2D eigenvalue weighted by Crippen LogP contribution is -2.55. The van der Waals surface area contributed by atoms with Crippen molar-refractivity contribution in [1.82, 2.24) is 15.2 Å². The van der Waals surface area contributed by atoms with Crippen LogP contribution in [0.4, 0.5) is 5.82 Å². The summed E-state index contributed by atoms with van der Waals surface area (Å²) in [6, 6.07) is 3.28. The second-order valence-corrected chi connectivity index (χ2v) is 6.00. The number of rotatable bonds is 1. The molecule has 2 unspecified atom stereocenters. The van der Waals surface area contributed by atoms with Gasteiger partial charge in [-0.2, -0.15) is 0 Å². The molecule has 2 atom stereocenters. The second kappa shape index (κ2) is 5.52. The molecule has 1 aromatic rings. The summed E-state index contributed by atoms with van der Waals surface area (Å²) in [7, 11) is 0. The number of fused-ring (bicyclic) bond motifs is 1. The number of nitrogen functional groups attached to an aromatic ring is 1. The van der Waals surface area contributed by atoms with Crippen LogP contribution in [0.25, 0.3) is 0 Å². The Hall–Kier alpha value is -1.82. The van der Waals surface area contributed by atoms with Crippen LogP contribution in [-0.4, -0.2) is 40.8 Å². The van der Waals surface area contributed by atoms with Gasteiger partial charge in [0.05, 0.1) is 0 Å². The Morgan fingerprint density at radius 2 is 2.24 bits per heavy atom. The highest BCUT2D eigenvalue weighted by atomic mass is 35.5. The van der Waals surface area contributed by atoms with Gasteiger partial charge in [0, 0.05) is 31.1 Å². The van der Waals surface area contributed by atoms with Gasteiger partial charge >= 0.3 is 0 Å². The molecule has 21 heavy (non-hydrogen) atoms. The molecule has 0 bridgehead atoms. The van der Waals surface area contributed by atoms with Crippen LogP contribution in [0.5, 0.6) is 0 Å². The zero-order valence-electron chi connectivity index (χ0n) is 11.5. The third-order valence-electron chi connectivity index (χ3n) is 4.17. The highest BCUT2D eigenvalue weighted by Gasteiger charge is 2.35. The molecule has 3 N–H and O–H groups in total. The Balaban J connectivity index is 1.73. The average Bonchev–Trinajstić information content (AvgIpc) is 2.45. The number of nitrogens with zero attached hydrogens (tertiary/aromatic N) is 2. The summed E-state index contributed by atoms with van der Waals surface area (Å²) in [5.41, 5.74) is 6.10. The molecule has 0 aliphatic carbocycles. The lowest BCUT2D eigenvalue weighted by atomic mass is 9.85. The van der Waals surface area contributed by atoms with Gasteiger partial charge in [0.1, 0.15) is 11.0 Å². The van der Waals surface area contributed by atoms with E-state index in [1.165, 1.54) is 6.07 Å². The molecule has 3 rings (SSSR count). The first-order valence-electron chi connectivity index (χ1n) is 7.04. The first-order valence-corrected chi connectivity index (χ1v) is 7.42. The molecule has 7 heteroatoms. The van der Waals surface area contributed by atoms with Crippen LogP contribution < -0.4 is 11.1 Å². The Morgan fingerprint density at radius 1 is 1.43 bits per heavy atom. The van der Waals surface area contributed by atoms with Crippen LogP contribution in [0.1, 0.15) is 29.6 Å². The topological polar surface area (TPSA) is 88.3 Å². The number of amides is 2. The van der Waals surface area contributed by atoms with Gasteiger partial charge in [-0.05, 0) is 30.9 Å². The maximum atomic E-state index is 12.5. The van der Waals surface area contributed by atoms with Gasteiger partial charge in [-0.3, -0.25) is 9.59 Å². The third-order valence-corrected chi connectivity index (χ3v) is 4.36. The van der Waals surface area contributed by atoms with E-state index in [-0.39, 0.29) is 28.8 Å². The van der Waals surface area contributed by atoms with Crippen molar-refractivity contribution in [2.24, 2.45) is 5.92 Å². The highest BCUT2D eigenvalue weighted by molar-refractivity contribution is 6.29. The van der Waals surface area contributed by atoms with Gasteiger partial charge in [0.2, 0.25) is 5.91 Å². The molecule has 2 aliphatic rings. The van der Waals surface area contributed by atoms with Crippen molar-refractivity contribution in [1.29, 1.82) is 0 Å². The number of likely N-dealkylation sites (tertiary alicyclic amines) is 1. The number of hydrogen-bond donors (Lipinski definition) is 2. The summed E-state index contributed by atoms with van der Waals surface area (Å²) in [5, 5.41) is 3.23. The summed E-state index contributed by atoms with van der Waals surface area (Å²) in [6.07, 6.45) is 2.16. The molecule has 0 aromatic carbocycles. The molecule has 2 saturated heterocycles. The molecule has 2 fully saturated rings. The molecule has 0 radical (unpaired) electrons. The van der Waals surface area contributed by atoms with Gasteiger partial charge < -0.3 is 16.0 Å². The lowest BCUT2D eigenvalue weighted by Gasteiger charge is -2.41. The number of carbonyl (C=O) groups excluding carboxylic acids is 2. The Morgan fingerprint density at radius 3 is 3.00 bits per heavy atom. The first-order chi connectivity index (χ1) is 10.0. The predicted octanol–water partition coefficient (Wildman–Crippen LogP) is 1.06. The molecule has 3 heterocycles. The summed E-state index contributed by atoms with van der Waals surface area (Å²) < 4.78 is 0. The Labute approximate surface area is 127 Å². The van der Waals surface area contributed by atoms with Crippen molar-refractivity contribution >= 4 is 29.2 Å². The summed E-state index contributed by atoms with van der Waals surface area (Å²) in [4.78, 5) is 29.6. The standard InChI is InChI=1S/C14H17ClN4O2/c15-11-5-9(6-12(16)18-11)14(21)19-4-3-10-8(7-19)1-2-13(20)17-10/h5-6,8,10H,1-4,7H2,(H2,16,18)(H,17,20). The quantitative estimate of drug-likeness (QED) is 0.759. The number of halogens is 1. The van der Waals surface area contributed by atoms with Crippen molar-refractivity contribution in [2.45, 2.75) is 25.3 Å². The van der Waals surface area contributed by atoms with Crippen molar-refractivity contribution in [3.63, 3.8) is 0 Å². The van der Waals surface area contributed by atoms with Crippen LogP contribution in [0.3, 0.4) is 0 Å². The number of nitrogens with one attached hydrogen (secondary N) is 1. The van der Waals surface area contributed by atoms with Crippen LogP contribution in [0.2, 0.25) is 5.15 Å². The summed E-state index contributed by atoms with van der Waals surface area (Å²) in [5.74, 6) is 0.604. The second-order valence-electron chi connectivity index (χ2n) is 5.62. The van der Waals surface area contributed by atoms with Crippen molar-refractivity contribution in [3.8, 4) is 0 Å². The van der Waals surface area contributed by atoms with Crippen LogP contribution >= 0.6 is 11.6 Å². The number of hydrogen-bond acceptors (Lipinski definition) is 4. The van der Waals surface area contributed by atoms with Gasteiger partial charge in [0.15, 0.2) is 0 Å². The summed E-state index contributed by atoms with van der Waals surface area (Å²) >= 11 is 5.85. The molecule has 6 nitrogen and oxygen atoms in total. The maximum absolute atomic E-state index is 12.5. The molecular weight excluding hydrogens is 292 g/mol. The van der Waals surface area contributed by atoms with E-state index in [0.29, 0.717) is 31.0 Å². The van der Waals surface area contributed by atoms with Crippen LogP contribution in [-0.2, 0) is 4.79 Å². The predicted molar refractivity (Wildman–Crippen MR) is 78.8 cm³/mol. The van der Waals surface area contributed by atoms with Crippen LogP contribution in [0.15, 0.2) is 12.1 Å². The fourth-order valence-electron chi connectivity index (χ4n) is 3.12. The van der Waals surface area contributed by atoms with E-state index < -0.39 is 0 Å². The monoisotopic (exact) mass is 308 g/mol. The van der Waals surface area contributed by atoms with Gasteiger partial charge in [0.25, 0.3) is 5.91 Å². The SMILES string of the molecule is Nc1cc(C(=O)N2CCC3NC(=O)CCC3C2)cc(Cl)n1. The number of pyridine rings is 1. The third kappa shape index (κ3) is 2.95. The minimum absolute atomic E-state index is 0.0821. The number of anilines is 1. The zero-order chi connectivity index (χ0) is 15.0. The fraction of sp³-hybridized carbons (Fsp3) is 0.500. The van der Waals surface area contributed by atoms with Gasteiger partial charge in [-0.15, -0.1) is 0 Å². The minimum Gasteiger partial charge on any atom is -0.384 e. The van der Waals surface area contributed by atoms with E-state index in [4.69, 9.17) is 17.3 Å². The summed E-state index contributed by atoms with van der Waals surface area (Å²) in [6.45, 7) is 1.28. The Kier molecular flexibility index (Phi) is 3.71. The van der Waals surface area contributed by atoms with E-state index in [9.17, 15) is 9.59 Å². The molecule has 1 aromatic heterocycles. The number of aromatic nitrogens is 1. The minimum atomic E-state index is -0.0821. The van der Waals surface area contributed by atoms with E-state index >= 15 is 0 Å². The van der Waals surface area contributed by atoms with Crippen molar-refractivity contribution in [3.05, 3.63) is 22.8 Å². The Bertz CT molecular complexity index is 572. The fourth-order valence-corrected chi connectivity index (χ4v) is 3.33. The normalized spacial score (nSPS) is 25.2. The van der Waals surface area contributed by atoms with Gasteiger partial charge in [-0.25, -0.2) is 4.98 Å². The van der Waals surface area contributed by atoms with E-state index in [2.05, 4.69) is 10.3 Å². The average molecular weight is 309 g/mol. The molecule has 0 spiro atoms. The number of nitrogens with two attached hydrogens (primary N) is 1.